The molecular formula is C17H19ClO2. The maximum Gasteiger partial charge on any atom is 0.232 e. The van der Waals surface area contributed by atoms with Gasteiger partial charge in [-0.05, 0) is 47.7 Å². The van der Waals surface area contributed by atoms with Gasteiger partial charge >= 0.3 is 0 Å². The largest absolute Gasteiger partial charge is 0.469 e. The number of furan rings is 1. The molecule has 1 unspecified atom stereocenters. The summed E-state index contributed by atoms with van der Waals surface area (Å²) in [5.41, 5.74) is 1.39. The monoisotopic (exact) mass is 290 g/mol. The molecule has 0 fully saturated rings. The van der Waals surface area contributed by atoms with Gasteiger partial charge < -0.3 is 4.42 Å². The SMILES string of the molecule is CC(C)c1ccc(C(C)(Cc2ccco2)C(=O)Cl)cc1. The molecule has 0 N–H and O–H groups in total. The molecule has 3 heteroatoms. The van der Waals surface area contributed by atoms with Crippen molar-refractivity contribution in [3.63, 3.8) is 0 Å². The van der Waals surface area contributed by atoms with Gasteiger partial charge in [0, 0.05) is 6.42 Å². The number of rotatable bonds is 5. The second-order valence-corrected chi connectivity index (χ2v) is 5.98. The van der Waals surface area contributed by atoms with Gasteiger partial charge in [-0.3, -0.25) is 4.79 Å². The van der Waals surface area contributed by atoms with Crippen LogP contribution in [0.3, 0.4) is 0 Å². The second kappa shape index (κ2) is 5.84. The Balaban J connectivity index is 2.34. The molecule has 1 atom stereocenters. The van der Waals surface area contributed by atoms with Crippen molar-refractivity contribution in [2.24, 2.45) is 0 Å². The highest BCUT2D eigenvalue weighted by Crippen LogP contribution is 2.32. The molecule has 1 heterocycles. The van der Waals surface area contributed by atoms with Crippen molar-refractivity contribution in [3.8, 4) is 0 Å². The number of carbonyl (C=O) groups excluding carboxylic acids is 1. The molecule has 0 amide bonds. The van der Waals surface area contributed by atoms with E-state index in [0.29, 0.717) is 12.3 Å². The quantitative estimate of drug-likeness (QED) is 0.749. The molecular weight excluding hydrogens is 272 g/mol. The zero-order valence-corrected chi connectivity index (χ0v) is 12.8. The Labute approximate surface area is 124 Å². The van der Waals surface area contributed by atoms with E-state index in [4.69, 9.17) is 16.0 Å². The van der Waals surface area contributed by atoms with Crippen molar-refractivity contribution in [1.29, 1.82) is 0 Å². The van der Waals surface area contributed by atoms with Crippen molar-refractivity contribution >= 4 is 16.8 Å². The van der Waals surface area contributed by atoms with Crippen LogP contribution in [0.4, 0.5) is 0 Å². The third-order valence-electron chi connectivity index (χ3n) is 3.76. The Morgan fingerprint density at radius 3 is 2.35 bits per heavy atom. The topological polar surface area (TPSA) is 30.2 Å². The summed E-state index contributed by atoms with van der Waals surface area (Å²) in [5, 5.41) is -0.369. The van der Waals surface area contributed by atoms with E-state index in [2.05, 4.69) is 26.0 Å². The summed E-state index contributed by atoms with van der Waals surface area (Å²) in [6.07, 6.45) is 2.07. The third-order valence-corrected chi connectivity index (χ3v) is 4.17. The van der Waals surface area contributed by atoms with Crippen molar-refractivity contribution < 1.29 is 9.21 Å². The molecule has 0 saturated carbocycles. The summed E-state index contributed by atoms with van der Waals surface area (Å²) in [6.45, 7) is 6.14. The highest BCUT2D eigenvalue weighted by Gasteiger charge is 2.35. The Morgan fingerprint density at radius 2 is 1.90 bits per heavy atom. The lowest BCUT2D eigenvalue weighted by atomic mass is 9.79. The first kappa shape index (κ1) is 14.9. The van der Waals surface area contributed by atoms with Gasteiger partial charge in [0.2, 0.25) is 5.24 Å². The predicted octanol–water partition coefficient (Wildman–Crippen LogP) is 4.67. The van der Waals surface area contributed by atoms with Crippen molar-refractivity contribution in [3.05, 3.63) is 59.5 Å². The summed E-state index contributed by atoms with van der Waals surface area (Å²) in [6, 6.07) is 11.8. The summed E-state index contributed by atoms with van der Waals surface area (Å²) in [4.78, 5) is 11.9. The fourth-order valence-corrected chi connectivity index (χ4v) is 2.46. The number of hydrogen-bond acceptors (Lipinski definition) is 2. The van der Waals surface area contributed by atoms with E-state index in [-0.39, 0.29) is 5.24 Å². The van der Waals surface area contributed by atoms with Gasteiger partial charge in [0.1, 0.15) is 5.76 Å². The van der Waals surface area contributed by atoms with Crippen molar-refractivity contribution in [2.45, 2.75) is 38.5 Å². The Morgan fingerprint density at radius 1 is 1.25 bits per heavy atom. The maximum atomic E-state index is 11.9. The highest BCUT2D eigenvalue weighted by molar-refractivity contribution is 6.65. The molecule has 0 radical (unpaired) electrons. The number of halogens is 1. The molecule has 2 aromatic rings. The number of benzene rings is 1. The minimum absolute atomic E-state index is 0.369. The molecule has 0 spiro atoms. The van der Waals surface area contributed by atoms with E-state index in [1.807, 2.05) is 31.2 Å². The fourth-order valence-electron chi connectivity index (χ4n) is 2.28. The molecule has 1 aromatic heterocycles. The molecule has 20 heavy (non-hydrogen) atoms. The third kappa shape index (κ3) is 2.96. The van der Waals surface area contributed by atoms with E-state index >= 15 is 0 Å². The van der Waals surface area contributed by atoms with Crippen LogP contribution >= 0.6 is 11.6 Å². The van der Waals surface area contributed by atoms with Gasteiger partial charge in [-0.25, -0.2) is 0 Å². The lowest BCUT2D eigenvalue weighted by molar-refractivity contribution is -0.116. The second-order valence-electron chi connectivity index (χ2n) is 5.64. The minimum Gasteiger partial charge on any atom is -0.469 e. The Kier molecular flexibility index (Phi) is 4.34. The Hall–Kier alpha value is -1.54. The van der Waals surface area contributed by atoms with Crippen molar-refractivity contribution in [2.75, 3.05) is 0 Å². The van der Waals surface area contributed by atoms with Crippen LogP contribution in [0.25, 0.3) is 0 Å². The van der Waals surface area contributed by atoms with Gasteiger partial charge in [0.25, 0.3) is 0 Å². The van der Waals surface area contributed by atoms with Crippen LogP contribution in [0.2, 0.25) is 0 Å². The first-order chi connectivity index (χ1) is 9.43. The first-order valence-electron chi connectivity index (χ1n) is 6.76. The van der Waals surface area contributed by atoms with Crippen LogP contribution in [-0.4, -0.2) is 5.24 Å². The van der Waals surface area contributed by atoms with Crippen molar-refractivity contribution in [1.82, 2.24) is 0 Å². The first-order valence-corrected chi connectivity index (χ1v) is 7.14. The molecule has 106 valence electrons. The van der Waals surface area contributed by atoms with Gasteiger partial charge in [0.05, 0.1) is 11.7 Å². The van der Waals surface area contributed by atoms with Gasteiger partial charge in [-0.1, -0.05) is 38.1 Å². The molecule has 0 aliphatic heterocycles. The summed E-state index contributed by atoms with van der Waals surface area (Å²) in [7, 11) is 0. The minimum atomic E-state index is -0.769. The molecule has 0 aliphatic carbocycles. The van der Waals surface area contributed by atoms with Crippen LogP contribution in [0.5, 0.6) is 0 Å². The maximum absolute atomic E-state index is 11.9. The number of carbonyl (C=O) groups is 1. The molecule has 0 bridgehead atoms. The van der Waals surface area contributed by atoms with Crippen LogP contribution in [-0.2, 0) is 16.6 Å². The lowest BCUT2D eigenvalue weighted by Crippen LogP contribution is -2.31. The highest BCUT2D eigenvalue weighted by atomic mass is 35.5. The average Bonchev–Trinajstić information content (AvgIpc) is 2.91. The van der Waals surface area contributed by atoms with Crippen LogP contribution in [0, 0.1) is 0 Å². The van der Waals surface area contributed by atoms with Crippen LogP contribution in [0.1, 0.15) is 43.6 Å². The van der Waals surface area contributed by atoms with E-state index in [0.717, 1.165) is 11.3 Å². The summed E-state index contributed by atoms with van der Waals surface area (Å²) < 4.78 is 5.35. The fraction of sp³-hybridized carbons (Fsp3) is 0.353. The van der Waals surface area contributed by atoms with Gasteiger partial charge in [-0.2, -0.15) is 0 Å². The molecule has 2 rings (SSSR count). The normalized spacial score (nSPS) is 14.2. The molecule has 2 nitrogen and oxygen atoms in total. The van der Waals surface area contributed by atoms with E-state index in [9.17, 15) is 4.79 Å². The standard InChI is InChI=1S/C17H19ClO2/c1-12(2)13-6-8-14(9-7-13)17(3,16(18)19)11-15-5-4-10-20-15/h4-10,12H,11H2,1-3H3. The van der Waals surface area contributed by atoms with Gasteiger partial charge in [-0.15, -0.1) is 0 Å². The van der Waals surface area contributed by atoms with Crippen LogP contribution < -0.4 is 0 Å². The van der Waals surface area contributed by atoms with E-state index < -0.39 is 5.41 Å². The Bertz CT molecular complexity index is 570. The average molecular weight is 291 g/mol. The lowest BCUT2D eigenvalue weighted by Gasteiger charge is -2.25. The van der Waals surface area contributed by atoms with Crippen LogP contribution in [0.15, 0.2) is 47.1 Å². The predicted molar refractivity (Wildman–Crippen MR) is 81.2 cm³/mol. The van der Waals surface area contributed by atoms with Gasteiger partial charge in [0.15, 0.2) is 0 Å². The summed E-state index contributed by atoms with van der Waals surface area (Å²) in [5.74, 6) is 1.22. The molecule has 0 saturated heterocycles. The van der Waals surface area contributed by atoms with E-state index in [1.165, 1.54) is 5.56 Å². The number of hydrogen-bond donors (Lipinski definition) is 0. The smallest absolute Gasteiger partial charge is 0.232 e. The zero-order valence-electron chi connectivity index (χ0n) is 12.0. The molecule has 1 aromatic carbocycles. The zero-order chi connectivity index (χ0) is 14.8. The van der Waals surface area contributed by atoms with E-state index in [1.54, 1.807) is 6.26 Å². The molecule has 0 aliphatic rings. The summed E-state index contributed by atoms with van der Waals surface area (Å²) >= 11 is 5.86.